The van der Waals surface area contributed by atoms with Gasteiger partial charge in [0, 0.05) is 13.1 Å². The van der Waals surface area contributed by atoms with Crippen LogP contribution in [-0.2, 0) is 20.6 Å². The molecule has 1 atom stereocenters. The highest BCUT2D eigenvalue weighted by Crippen LogP contribution is 2.44. The summed E-state index contributed by atoms with van der Waals surface area (Å²) in [6.07, 6.45) is 3.35. The van der Waals surface area contributed by atoms with E-state index in [1.54, 1.807) is 4.31 Å². The average Bonchev–Trinajstić information content (AvgIpc) is 2.55. The van der Waals surface area contributed by atoms with Crippen LogP contribution in [0.2, 0.25) is 0 Å². The summed E-state index contributed by atoms with van der Waals surface area (Å²) in [7, 11) is -1.40. The van der Waals surface area contributed by atoms with Crippen molar-refractivity contribution in [1.29, 1.82) is 0 Å². The lowest BCUT2D eigenvalue weighted by Crippen LogP contribution is -2.60. The van der Waals surface area contributed by atoms with E-state index in [0.29, 0.717) is 25.9 Å². The summed E-state index contributed by atoms with van der Waals surface area (Å²) in [6.45, 7) is 1.80. The van der Waals surface area contributed by atoms with E-state index in [0.717, 1.165) is 24.9 Å². The Morgan fingerprint density at radius 3 is 2.40 bits per heavy atom. The van der Waals surface area contributed by atoms with Crippen molar-refractivity contribution in [2.45, 2.75) is 37.5 Å². The van der Waals surface area contributed by atoms with Crippen molar-refractivity contribution in [3.8, 4) is 0 Å². The fourth-order valence-corrected chi connectivity index (χ4v) is 6.08. The standard InChI is InChI=1S/C18H27N3O3S/c1-20-11-5-8-18(16(20)17(19)22)9-12-21(13-10-18)25(23,24)14-15-6-3-2-4-7-15/h2-4,6-7,16H,5,8-14H2,1H3,(H2,19,22). The van der Waals surface area contributed by atoms with Gasteiger partial charge in [0.05, 0.1) is 11.8 Å². The number of nitrogens with zero attached hydrogens (tertiary/aromatic N) is 2. The molecular formula is C18H27N3O3S. The molecule has 1 aromatic carbocycles. The van der Waals surface area contributed by atoms with Crippen molar-refractivity contribution in [2.24, 2.45) is 11.1 Å². The van der Waals surface area contributed by atoms with E-state index in [4.69, 9.17) is 5.73 Å². The van der Waals surface area contributed by atoms with Crippen molar-refractivity contribution in [2.75, 3.05) is 26.7 Å². The zero-order valence-electron chi connectivity index (χ0n) is 14.7. The molecule has 1 spiro atoms. The van der Waals surface area contributed by atoms with Crippen molar-refractivity contribution in [1.82, 2.24) is 9.21 Å². The van der Waals surface area contributed by atoms with E-state index in [-0.39, 0.29) is 23.1 Å². The van der Waals surface area contributed by atoms with Crippen LogP contribution in [-0.4, -0.2) is 56.3 Å². The second-order valence-corrected chi connectivity index (χ2v) is 9.36. The van der Waals surface area contributed by atoms with E-state index in [1.165, 1.54) is 0 Å². The molecule has 2 aliphatic rings. The van der Waals surface area contributed by atoms with E-state index >= 15 is 0 Å². The Morgan fingerprint density at radius 1 is 1.16 bits per heavy atom. The van der Waals surface area contributed by atoms with Gasteiger partial charge < -0.3 is 5.73 Å². The van der Waals surface area contributed by atoms with Gasteiger partial charge in [-0.2, -0.15) is 0 Å². The lowest BCUT2D eigenvalue weighted by molar-refractivity contribution is -0.132. The molecule has 0 saturated carbocycles. The Bertz CT molecular complexity index is 712. The van der Waals surface area contributed by atoms with Gasteiger partial charge in [0.15, 0.2) is 0 Å². The smallest absolute Gasteiger partial charge is 0.235 e. The molecule has 1 amide bonds. The van der Waals surface area contributed by atoms with Crippen molar-refractivity contribution < 1.29 is 13.2 Å². The number of carbonyl (C=O) groups is 1. The molecule has 7 heteroatoms. The lowest BCUT2D eigenvalue weighted by atomic mass is 9.67. The molecule has 2 saturated heterocycles. The van der Waals surface area contributed by atoms with Crippen LogP contribution in [0.3, 0.4) is 0 Å². The topological polar surface area (TPSA) is 83.7 Å². The van der Waals surface area contributed by atoms with Crippen molar-refractivity contribution in [3.05, 3.63) is 35.9 Å². The van der Waals surface area contributed by atoms with Gasteiger partial charge in [-0.1, -0.05) is 30.3 Å². The van der Waals surface area contributed by atoms with E-state index in [1.807, 2.05) is 42.3 Å². The van der Waals surface area contributed by atoms with Gasteiger partial charge in [0.1, 0.15) is 0 Å². The summed E-state index contributed by atoms with van der Waals surface area (Å²) < 4.78 is 27.0. The molecule has 3 rings (SSSR count). The molecule has 2 aliphatic heterocycles. The van der Waals surface area contributed by atoms with Crippen LogP contribution in [0.15, 0.2) is 30.3 Å². The predicted molar refractivity (Wildman–Crippen MR) is 97.2 cm³/mol. The number of likely N-dealkylation sites (tertiary alicyclic amines) is 1. The minimum absolute atomic E-state index is 0.0278. The predicted octanol–water partition coefficient (Wildman–Crippen LogP) is 1.18. The van der Waals surface area contributed by atoms with Crippen LogP contribution in [0.25, 0.3) is 0 Å². The van der Waals surface area contributed by atoms with Gasteiger partial charge in [-0.05, 0) is 50.3 Å². The fourth-order valence-electron chi connectivity index (χ4n) is 4.54. The molecule has 1 aromatic rings. The number of piperidine rings is 2. The van der Waals surface area contributed by atoms with Gasteiger partial charge in [0.25, 0.3) is 0 Å². The first-order chi connectivity index (χ1) is 11.8. The number of carbonyl (C=O) groups excluding carboxylic acids is 1. The summed E-state index contributed by atoms with van der Waals surface area (Å²) >= 11 is 0. The normalized spacial score (nSPS) is 25.1. The minimum atomic E-state index is -3.34. The number of benzene rings is 1. The number of nitrogens with two attached hydrogens (primary N) is 1. The first-order valence-electron chi connectivity index (χ1n) is 8.85. The molecule has 138 valence electrons. The van der Waals surface area contributed by atoms with Crippen LogP contribution in [0, 0.1) is 5.41 Å². The maximum absolute atomic E-state index is 12.7. The third-order valence-electron chi connectivity index (χ3n) is 5.78. The number of rotatable bonds is 4. The summed E-state index contributed by atoms with van der Waals surface area (Å²) in [6, 6.07) is 8.96. The summed E-state index contributed by atoms with van der Waals surface area (Å²) in [5, 5.41) is 0. The lowest BCUT2D eigenvalue weighted by Gasteiger charge is -2.51. The van der Waals surface area contributed by atoms with Gasteiger partial charge in [0.2, 0.25) is 15.9 Å². The second kappa shape index (κ2) is 7.05. The molecule has 25 heavy (non-hydrogen) atoms. The van der Waals surface area contributed by atoms with Crippen LogP contribution >= 0.6 is 0 Å². The molecule has 1 unspecified atom stereocenters. The Kier molecular flexibility index (Phi) is 5.18. The van der Waals surface area contributed by atoms with Crippen LogP contribution in [0.4, 0.5) is 0 Å². The number of hydrogen-bond acceptors (Lipinski definition) is 4. The monoisotopic (exact) mass is 365 g/mol. The Morgan fingerprint density at radius 2 is 1.80 bits per heavy atom. The van der Waals surface area contributed by atoms with Gasteiger partial charge in [-0.25, -0.2) is 12.7 Å². The largest absolute Gasteiger partial charge is 0.368 e. The Hall–Kier alpha value is -1.44. The molecule has 2 heterocycles. The number of primary amides is 1. The first kappa shape index (κ1) is 18.4. The molecule has 0 aliphatic carbocycles. The zero-order valence-corrected chi connectivity index (χ0v) is 15.5. The van der Waals surface area contributed by atoms with E-state index in [2.05, 4.69) is 0 Å². The Labute approximate surface area is 150 Å². The van der Waals surface area contributed by atoms with Crippen molar-refractivity contribution >= 4 is 15.9 Å². The number of sulfonamides is 1. The first-order valence-corrected chi connectivity index (χ1v) is 10.5. The highest BCUT2D eigenvalue weighted by atomic mass is 32.2. The summed E-state index contributed by atoms with van der Waals surface area (Å²) in [4.78, 5) is 14.0. The third-order valence-corrected chi connectivity index (χ3v) is 7.63. The van der Waals surface area contributed by atoms with E-state index in [9.17, 15) is 13.2 Å². The highest BCUT2D eigenvalue weighted by Gasteiger charge is 2.49. The minimum Gasteiger partial charge on any atom is -0.368 e. The zero-order chi connectivity index (χ0) is 18.1. The van der Waals surface area contributed by atoms with E-state index < -0.39 is 10.0 Å². The van der Waals surface area contributed by atoms with Crippen molar-refractivity contribution in [3.63, 3.8) is 0 Å². The average molecular weight is 365 g/mol. The van der Waals surface area contributed by atoms with Crippen LogP contribution in [0.5, 0.6) is 0 Å². The quantitative estimate of drug-likeness (QED) is 0.868. The number of likely N-dealkylation sites (N-methyl/N-ethyl adjacent to an activating group) is 1. The molecule has 0 bridgehead atoms. The van der Waals surface area contributed by atoms with Gasteiger partial charge in [-0.3, -0.25) is 9.69 Å². The second-order valence-electron chi connectivity index (χ2n) is 7.39. The molecule has 2 fully saturated rings. The molecule has 6 nitrogen and oxygen atoms in total. The highest BCUT2D eigenvalue weighted by molar-refractivity contribution is 7.88. The maximum Gasteiger partial charge on any atom is 0.235 e. The van der Waals surface area contributed by atoms with Gasteiger partial charge in [-0.15, -0.1) is 0 Å². The van der Waals surface area contributed by atoms with Crippen LogP contribution in [0.1, 0.15) is 31.2 Å². The molecule has 2 N–H and O–H groups in total. The SMILES string of the molecule is CN1CCCC2(CCN(S(=O)(=O)Cc3ccccc3)CC2)C1C(N)=O. The Balaban J connectivity index is 1.71. The van der Waals surface area contributed by atoms with Gasteiger partial charge >= 0.3 is 0 Å². The summed E-state index contributed by atoms with van der Waals surface area (Å²) in [5.41, 5.74) is 6.29. The molecular weight excluding hydrogens is 338 g/mol. The number of amides is 1. The fraction of sp³-hybridized carbons (Fsp3) is 0.611. The third kappa shape index (κ3) is 3.73. The maximum atomic E-state index is 12.7. The molecule has 0 aromatic heterocycles. The van der Waals surface area contributed by atoms with Crippen LogP contribution < -0.4 is 5.73 Å². The number of hydrogen-bond donors (Lipinski definition) is 1. The summed E-state index contributed by atoms with van der Waals surface area (Å²) in [5.74, 6) is -0.261. The molecule has 0 radical (unpaired) electrons.